The van der Waals surface area contributed by atoms with Crippen molar-refractivity contribution in [3.05, 3.63) is 35.4 Å². The molecular weight excluding hydrogens is 290 g/mol. The van der Waals surface area contributed by atoms with Crippen LogP contribution in [0.4, 0.5) is 0 Å². The number of benzene rings is 1. The number of piperidine rings is 1. The third kappa shape index (κ3) is 3.72. The van der Waals surface area contributed by atoms with Gasteiger partial charge in [0.05, 0.1) is 17.7 Å². The van der Waals surface area contributed by atoms with Crippen molar-refractivity contribution < 1.29 is 9.90 Å². The van der Waals surface area contributed by atoms with Crippen molar-refractivity contribution in [1.82, 2.24) is 10.6 Å². The number of amides is 1. The van der Waals surface area contributed by atoms with E-state index in [0.29, 0.717) is 23.0 Å². The molecule has 3 N–H and O–H groups in total. The van der Waals surface area contributed by atoms with E-state index in [2.05, 4.69) is 16.7 Å². The Hall–Kier alpha value is -1.90. The summed E-state index contributed by atoms with van der Waals surface area (Å²) in [5, 5.41) is 25.0. The molecule has 0 bridgehead atoms. The number of carbonyl (C=O) groups is 1. The van der Waals surface area contributed by atoms with E-state index in [1.54, 1.807) is 24.3 Å². The Morgan fingerprint density at radius 2 is 1.87 bits per heavy atom. The zero-order chi connectivity index (χ0) is 16.2. The van der Waals surface area contributed by atoms with Crippen LogP contribution in [0, 0.1) is 23.2 Å². The number of nitriles is 1. The van der Waals surface area contributed by atoms with Crippen molar-refractivity contribution in [2.24, 2.45) is 11.8 Å². The van der Waals surface area contributed by atoms with Crippen LogP contribution in [0.2, 0.25) is 0 Å². The average Bonchev–Trinajstić information content (AvgIpc) is 2.58. The molecule has 1 heterocycles. The standard InChI is InChI=1S/C18H23N3O2/c19-11-12-1-3-14(4-2-12)18(23)21-17(15-9-16(22)10-15)13-5-7-20-8-6-13/h1-4,13,15-17,20,22H,5-10H2,(H,21,23). The van der Waals surface area contributed by atoms with Crippen molar-refractivity contribution in [3.63, 3.8) is 0 Å². The number of aliphatic hydroxyl groups excluding tert-OH is 1. The predicted octanol–water partition coefficient (Wildman–Crippen LogP) is 1.43. The normalized spacial score (nSPS) is 25.9. The van der Waals surface area contributed by atoms with E-state index in [4.69, 9.17) is 5.26 Å². The van der Waals surface area contributed by atoms with Gasteiger partial charge in [-0.25, -0.2) is 0 Å². The third-order valence-corrected chi connectivity index (χ3v) is 5.12. The second kappa shape index (κ2) is 7.12. The zero-order valence-corrected chi connectivity index (χ0v) is 13.2. The molecule has 5 heteroatoms. The van der Waals surface area contributed by atoms with E-state index in [-0.39, 0.29) is 18.1 Å². The first-order chi connectivity index (χ1) is 11.2. The molecule has 1 saturated carbocycles. The number of hydrogen-bond acceptors (Lipinski definition) is 4. The summed E-state index contributed by atoms with van der Waals surface area (Å²) >= 11 is 0. The molecule has 1 unspecified atom stereocenters. The molecule has 2 fully saturated rings. The summed E-state index contributed by atoms with van der Waals surface area (Å²) in [5.74, 6) is 0.755. The Morgan fingerprint density at radius 1 is 1.22 bits per heavy atom. The minimum absolute atomic E-state index is 0.0839. The van der Waals surface area contributed by atoms with Gasteiger partial charge in [-0.05, 0) is 74.9 Å². The predicted molar refractivity (Wildman–Crippen MR) is 86.7 cm³/mol. The summed E-state index contributed by atoms with van der Waals surface area (Å²) in [7, 11) is 0. The SMILES string of the molecule is N#Cc1ccc(C(=O)NC(C2CCNCC2)C2CC(O)C2)cc1. The number of nitrogens with one attached hydrogen (secondary N) is 2. The lowest BCUT2D eigenvalue weighted by Gasteiger charge is -2.43. The summed E-state index contributed by atoms with van der Waals surface area (Å²) < 4.78 is 0. The van der Waals surface area contributed by atoms with Crippen LogP contribution in [0.25, 0.3) is 0 Å². The number of aliphatic hydroxyl groups is 1. The van der Waals surface area contributed by atoms with Gasteiger partial charge in [0.2, 0.25) is 0 Å². The summed E-state index contributed by atoms with van der Waals surface area (Å²) in [5.41, 5.74) is 1.14. The molecule has 1 aromatic carbocycles. The number of rotatable bonds is 4. The third-order valence-electron chi connectivity index (χ3n) is 5.12. The highest BCUT2D eigenvalue weighted by Crippen LogP contribution is 2.35. The van der Waals surface area contributed by atoms with Crippen LogP contribution in [0.5, 0.6) is 0 Å². The molecule has 0 radical (unpaired) electrons. The van der Waals surface area contributed by atoms with Gasteiger partial charge in [0.25, 0.3) is 5.91 Å². The van der Waals surface area contributed by atoms with Crippen LogP contribution < -0.4 is 10.6 Å². The summed E-state index contributed by atoms with van der Waals surface area (Å²) in [6, 6.07) is 8.92. The van der Waals surface area contributed by atoms with Gasteiger partial charge < -0.3 is 15.7 Å². The fourth-order valence-electron chi connectivity index (χ4n) is 3.68. The zero-order valence-electron chi connectivity index (χ0n) is 13.2. The first-order valence-electron chi connectivity index (χ1n) is 8.37. The Labute approximate surface area is 136 Å². The van der Waals surface area contributed by atoms with Crippen molar-refractivity contribution in [2.45, 2.75) is 37.8 Å². The Balaban J connectivity index is 1.69. The fraction of sp³-hybridized carbons (Fsp3) is 0.556. The molecule has 3 rings (SSSR count). The van der Waals surface area contributed by atoms with E-state index in [1.807, 2.05) is 0 Å². The molecule has 5 nitrogen and oxygen atoms in total. The van der Waals surface area contributed by atoms with E-state index < -0.39 is 0 Å². The second-order valence-corrected chi connectivity index (χ2v) is 6.66. The highest BCUT2D eigenvalue weighted by molar-refractivity contribution is 5.94. The molecule has 1 aliphatic heterocycles. The highest BCUT2D eigenvalue weighted by Gasteiger charge is 2.39. The molecule has 0 spiro atoms. The first-order valence-corrected chi connectivity index (χ1v) is 8.37. The van der Waals surface area contributed by atoms with Gasteiger partial charge >= 0.3 is 0 Å². The number of carbonyl (C=O) groups excluding carboxylic acids is 1. The first kappa shape index (κ1) is 16.0. The summed E-state index contributed by atoms with van der Waals surface area (Å²) in [6.45, 7) is 1.98. The van der Waals surface area contributed by atoms with Crippen LogP contribution >= 0.6 is 0 Å². The van der Waals surface area contributed by atoms with Gasteiger partial charge in [-0.15, -0.1) is 0 Å². The Bertz CT molecular complexity index is 581. The second-order valence-electron chi connectivity index (χ2n) is 6.66. The monoisotopic (exact) mass is 313 g/mol. The molecule has 1 aromatic rings. The molecule has 1 amide bonds. The topological polar surface area (TPSA) is 85.2 Å². The average molecular weight is 313 g/mol. The summed E-state index contributed by atoms with van der Waals surface area (Å²) in [6.07, 6.45) is 3.47. The summed E-state index contributed by atoms with van der Waals surface area (Å²) in [4.78, 5) is 12.6. The highest BCUT2D eigenvalue weighted by atomic mass is 16.3. The number of hydrogen-bond donors (Lipinski definition) is 3. The van der Waals surface area contributed by atoms with Crippen LogP contribution in [-0.4, -0.2) is 36.2 Å². The van der Waals surface area contributed by atoms with Crippen LogP contribution in [0.1, 0.15) is 41.6 Å². The Morgan fingerprint density at radius 3 is 2.43 bits per heavy atom. The van der Waals surface area contributed by atoms with Crippen LogP contribution in [0.3, 0.4) is 0 Å². The molecule has 122 valence electrons. The van der Waals surface area contributed by atoms with Gasteiger partial charge in [-0.3, -0.25) is 4.79 Å². The van der Waals surface area contributed by atoms with Crippen molar-refractivity contribution in [1.29, 1.82) is 5.26 Å². The van der Waals surface area contributed by atoms with Crippen LogP contribution in [-0.2, 0) is 0 Å². The van der Waals surface area contributed by atoms with E-state index in [9.17, 15) is 9.90 Å². The van der Waals surface area contributed by atoms with Crippen molar-refractivity contribution in [2.75, 3.05) is 13.1 Å². The van der Waals surface area contributed by atoms with E-state index in [1.165, 1.54) is 0 Å². The van der Waals surface area contributed by atoms with Crippen molar-refractivity contribution >= 4 is 5.91 Å². The fourth-order valence-corrected chi connectivity index (χ4v) is 3.68. The van der Waals surface area contributed by atoms with Gasteiger partial charge in [0.1, 0.15) is 0 Å². The Kier molecular flexibility index (Phi) is 4.94. The molecule has 1 aliphatic carbocycles. The molecule has 23 heavy (non-hydrogen) atoms. The lowest BCUT2D eigenvalue weighted by molar-refractivity contribution is 0.00919. The van der Waals surface area contributed by atoms with Gasteiger partial charge in [0.15, 0.2) is 0 Å². The molecule has 1 saturated heterocycles. The maximum atomic E-state index is 12.6. The lowest BCUT2D eigenvalue weighted by Crippen LogP contribution is -2.52. The maximum absolute atomic E-state index is 12.6. The van der Waals surface area contributed by atoms with E-state index >= 15 is 0 Å². The van der Waals surface area contributed by atoms with Gasteiger partial charge in [-0.2, -0.15) is 5.26 Å². The molecule has 1 atom stereocenters. The quantitative estimate of drug-likeness (QED) is 0.785. The lowest BCUT2D eigenvalue weighted by atomic mass is 9.71. The van der Waals surface area contributed by atoms with Crippen LogP contribution in [0.15, 0.2) is 24.3 Å². The van der Waals surface area contributed by atoms with Gasteiger partial charge in [-0.1, -0.05) is 0 Å². The minimum atomic E-state index is -0.212. The van der Waals surface area contributed by atoms with Crippen molar-refractivity contribution in [3.8, 4) is 6.07 Å². The minimum Gasteiger partial charge on any atom is -0.393 e. The molecular formula is C18H23N3O2. The number of nitrogens with zero attached hydrogens (tertiary/aromatic N) is 1. The smallest absolute Gasteiger partial charge is 0.251 e. The molecule has 2 aliphatic rings. The molecule has 0 aromatic heterocycles. The maximum Gasteiger partial charge on any atom is 0.251 e. The largest absolute Gasteiger partial charge is 0.393 e. The van der Waals surface area contributed by atoms with E-state index in [0.717, 1.165) is 38.8 Å². The van der Waals surface area contributed by atoms with Gasteiger partial charge in [0, 0.05) is 11.6 Å².